The van der Waals surface area contributed by atoms with Crippen LogP contribution in [0, 0.1) is 5.92 Å². The van der Waals surface area contributed by atoms with Crippen LogP contribution in [0.25, 0.3) is 0 Å². The van der Waals surface area contributed by atoms with Crippen molar-refractivity contribution in [2.24, 2.45) is 5.92 Å². The summed E-state index contributed by atoms with van der Waals surface area (Å²) in [6.07, 6.45) is 2.61. The molecule has 2 fully saturated rings. The molecule has 3 nitrogen and oxygen atoms in total. The quantitative estimate of drug-likeness (QED) is 0.655. The monoisotopic (exact) mass is 182 g/mol. The molecule has 2 rings (SSSR count). The summed E-state index contributed by atoms with van der Waals surface area (Å²) < 4.78 is 0. The minimum Gasteiger partial charge on any atom is -0.323 e. The summed E-state index contributed by atoms with van der Waals surface area (Å²) in [5.41, 5.74) is 0. The first-order valence-electron chi connectivity index (χ1n) is 5.18. The summed E-state index contributed by atoms with van der Waals surface area (Å²) in [6.45, 7) is 6.27. The number of amides is 1. The Morgan fingerprint density at radius 1 is 1.31 bits per heavy atom. The molecule has 2 unspecified atom stereocenters. The molecule has 13 heavy (non-hydrogen) atoms. The lowest BCUT2D eigenvalue weighted by molar-refractivity contribution is -0.134. The zero-order chi connectivity index (χ0) is 9.59. The Hall–Kier alpha value is -0.570. The van der Waals surface area contributed by atoms with E-state index in [-0.39, 0.29) is 18.1 Å². The number of hydrogen-bond donors (Lipinski definition) is 1. The minimum absolute atomic E-state index is 0.0194. The highest BCUT2D eigenvalue weighted by Crippen LogP contribution is 2.33. The first kappa shape index (κ1) is 9.00. The summed E-state index contributed by atoms with van der Waals surface area (Å²) in [5, 5.41) is 3.26. The van der Waals surface area contributed by atoms with E-state index >= 15 is 0 Å². The summed E-state index contributed by atoms with van der Waals surface area (Å²) >= 11 is 0. The fraction of sp³-hybridized carbons (Fsp3) is 0.900. The van der Waals surface area contributed by atoms with Crippen molar-refractivity contribution in [3.63, 3.8) is 0 Å². The van der Waals surface area contributed by atoms with Crippen LogP contribution in [-0.4, -0.2) is 29.1 Å². The molecule has 0 aromatic carbocycles. The molecule has 1 heterocycles. The zero-order valence-corrected chi connectivity index (χ0v) is 8.58. The Labute approximate surface area is 79.5 Å². The highest BCUT2D eigenvalue weighted by atomic mass is 16.2. The Morgan fingerprint density at radius 2 is 1.92 bits per heavy atom. The van der Waals surface area contributed by atoms with E-state index in [1.165, 1.54) is 12.8 Å². The normalized spacial score (nSPS) is 45.2. The SMILES string of the molecule is CC1CC(N2C(=O)C(C)NC2C)C1. The first-order chi connectivity index (χ1) is 6.09. The largest absolute Gasteiger partial charge is 0.323 e. The van der Waals surface area contributed by atoms with Gasteiger partial charge in [-0.2, -0.15) is 0 Å². The lowest BCUT2D eigenvalue weighted by Gasteiger charge is -2.41. The van der Waals surface area contributed by atoms with Gasteiger partial charge in [-0.1, -0.05) is 6.92 Å². The molecule has 0 radical (unpaired) electrons. The van der Waals surface area contributed by atoms with Crippen molar-refractivity contribution < 1.29 is 4.79 Å². The molecule has 1 N–H and O–H groups in total. The molecule has 1 amide bonds. The third-order valence-electron chi connectivity index (χ3n) is 3.28. The molecule has 74 valence electrons. The average Bonchev–Trinajstić information content (AvgIpc) is 2.22. The molecule has 2 aliphatic rings. The molecule has 1 aliphatic carbocycles. The number of rotatable bonds is 1. The number of nitrogens with one attached hydrogen (secondary N) is 1. The predicted molar refractivity (Wildman–Crippen MR) is 51.1 cm³/mol. The van der Waals surface area contributed by atoms with E-state index in [1.807, 2.05) is 11.8 Å². The lowest BCUT2D eigenvalue weighted by atomic mass is 9.80. The lowest BCUT2D eigenvalue weighted by Crippen LogP contribution is -2.49. The first-order valence-corrected chi connectivity index (χ1v) is 5.18. The van der Waals surface area contributed by atoms with Crippen LogP contribution < -0.4 is 5.32 Å². The van der Waals surface area contributed by atoms with E-state index < -0.39 is 0 Å². The van der Waals surface area contributed by atoms with Crippen molar-refractivity contribution in [3.8, 4) is 0 Å². The number of hydrogen-bond acceptors (Lipinski definition) is 2. The van der Waals surface area contributed by atoms with E-state index in [9.17, 15) is 4.79 Å². The molecule has 1 saturated carbocycles. The smallest absolute Gasteiger partial charge is 0.240 e. The summed E-state index contributed by atoms with van der Waals surface area (Å²) in [4.78, 5) is 13.8. The minimum atomic E-state index is 0.0194. The maximum atomic E-state index is 11.7. The molecular weight excluding hydrogens is 164 g/mol. The van der Waals surface area contributed by atoms with Crippen molar-refractivity contribution in [1.82, 2.24) is 10.2 Å². The molecular formula is C10H18N2O. The zero-order valence-electron chi connectivity index (χ0n) is 8.58. The topological polar surface area (TPSA) is 32.3 Å². The van der Waals surface area contributed by atoms with Gasteiger partial charge in [0.25, 0.3) is 0 Å². The van der Waals surface area contributed by atoms with Crippen LogP contribution in [0.15, 0.2) is 0 Å². The second-order valence-corrected chi connectivity index (χ2v) is 4.54. The van der Waals surface area contributed by atoms with Crippen LogP contribution in [0.5, 0.6) is 0 Å². The second-order valence-electron chi connectivity index (χ2n) is 4.54. The Bertz CT molecular complexity index is 223. The Morgan fingerprint density at radius 3 is 2.31 bits per heavy atom. The molecule has 0 aromatic rings. The standard InChI is InChI=1S/C10H18N2O/c1-6-4-9(5-6)12-8(3)11-7(2)10(12)13/h6-9,11H,4-5H2,1-3H3. The number of carbonyl (C=O) groups is 1. The van der Waals surface area contributed by atoms with Gasteiger partial charge in [-0.25, -0.2) is 0 Å². The van der Waals surface area contributed by atoms with Gasteiger partial charge in [0.2, 0.25) is 5.91 Å². The van der Waals surface area contributed by atoms with Gasteiger partial charge in [-0.3, -0.25) is 10.1 Å². The van der Waals surface area contributed by atoms with Gasteiger partial charge in [-0.05, 0) is 32.6 Å². The number of carbonyl (C=O) groups excluding carboxylic acids is 1. The van der Waals surface area contributed by atoms with E-state index in [0.29, 0.717) is 6.04 Å². The summed E-state index contributed by atoms with van der Waals surface area (Å²) in [6, 6.07) is 0.529. The molecule has 0 aromatic heterocycles. The Kier molecular flexibility index (Phi) is 2.06. The molecule has 1 saturated heterocycles. The summed E-state index contributed by atoms with van der Waals surface area (Å²) in [5.74, 6) is 1.09. The van der Waals surface area contributed by atoms with E-state index in [2.05, 4.69) is 19.2 Å². The third kappa shape index (κ3) is 1.35. The average molecular weight is 182 g/mol. The molecule has 2 atom stereocenters. The van der Waals surface area contributed by atoms with Crippen LogP contribution in [0.2, 0.25) is 0 Å². The fourth-order valence-electron chi connectivity index (χ4n) is 2.51. The number of nitrogens with zero attached hydrogens (tertiary/aromatic N) is 1. The van der Waals surface area contributed by atoms with Crippen LogP contribution in [0.1, 0.15) is 33.6 Å². The highest BCUT2D eigenvalue weighted by molar-refractivity contribution is 5.84. The van der Waals surface area contributed by atoms with E-state index in [0.717, 1.165) is 5.92 Å². The van der Waals surface area contributed by atoms with Crippen molar-refractivity contribution in [2.45, 2.75) is 51.9 Å². The van der Waals surface area contributed by atoms with Crippen LogP contribution in [0.4, 0.5) is 0 Å². The molecule has 3 heteroatoms. The fourth-order valence-corrected chi connectivity index (χ4v) is 2.51. The van der Waals surface area contributed by atoms with E-state index in [1.54, 1.807) is 0 Å². The van der Waals surface area contributed by atoms with Crippen molar-refractivity contribution in [2.75, 3.05) is 0 Å². The molecule has 0 spiro atoms. The van der Waals surface area contributed by atoms with Gasteiger partial charge in [0.1, 0.15) is 0 Å². The van der Waals surface area contributed by atoms with Crippen LogP contribution in [-0.2, 0) is 4.79 Å². The third-order valence-corrected chi connectivity index (χ3v) is 3.28. The van der Waals surface area contributed by atoms with Crippen LogP contribution >= 0.6 is 0 Å². The maximum Gasteiger partial charge on any atom is 0.240 e. The van der Waals surface area contributed by atoms with Gasteiger partial charge >= 0.3 is 0 Å². The van der Waals surface area contributed by atoms with Gasteiger partial charge in [0, 0.05) is 6.04 Å². The predicted octanol–water partition coefficient (Wildman–Crippen LogP) is 0.951. The van der Waals surface area contributed by atoms with Gasteiger partial charge in [0.15, 0.2) is 0 Å². The van der Waals surface area contributed by atoms with Gasteiger partial charge in [-0.15, -0.1) is 0 Å². The molecule has 0 bridgehead atoms. The highest BCUT2D eigenvalue weighted by Gasteiger charge is 2.42. The van der Waals surface area contributed by atoms with Gasteiger partial charge < -0.3 is 4.90 Å². The van der Waals surface area contributed by atoms with E-state index in [4.69, 9.17) is 0 Å². The van der Waals surface area contributed by atoms with Crippen molar-refractivity contribution in [1.29, 1.82) is 0 Å². The van der Waals surface area contributed by atoms with Crippen molar-refractivity contribution in [3.05, 3.63) is 0 Å². The maximum absolute atomic E-state index is 11.7. The van der Waals surface area contributed by atoms with Gasteiger partial charge in [0.05, 0.1) is 12.2 Å². The van der Waals surface area contributed by atoms with Crippen molar-refractivity contribution >= 4 is 5.91 Å². The van der Waals surface area contributed by atoms with Crippen LogP contribution in [0.3, 0.4) is 0 Å². The molecule has 1 aliphatic heterocycles. The summed E-state index contributed by atoms with van der Waals surface area (Å²) in [7, 11) is 0. The second kappa shape index (κ2) is 2.98. The Balaban J connectivity index is 2.02.